The Labute approximate surface area is 257 Å². The maximum Gasteiger partial charge on any atom is 0.160 e. The van der Waals surface area contributed by atoms with Gasteiger partial charge in [0.05, 0.1) is 22.6 Å². The quantitative estimate of drug-likeness (QED) is 0.209. The van der Waals surface area contributed by atoms with E-state index in [0.29, 0.717) is 0 Å². The molecule has 0 N–H and O–H groups in total. The molecule has 0 aliphatic heterocycles. The van der Waals surface area contributed by atoms with Crippen molar-refractivity contribution in [2.45, 2.75) is 6.42 Å². The Bertz CT molecular complexity index is 2100. The number of benzene rings is 5. The van der Waals surface area contributed by atoms with Crippen molar-refractivity contribution in [2.24, 2.45) is 0 Å². The van der Waals surface area contributed by atoms with Gasteiger partial charge in [0, 0.05) is 33.3 Å². The summed E-state index contributed by atoms with van der Waals surface area (Å²) in [6, 6.07) is 48.8. The predicted molar refractivity (Wildman–Crippen MR) is 183 cm³/mol. The van der Waals surface area contributed by atoms with E-state index in [4.69, 9.17) is 9.97 Å². The highest BCUT2D eigenvalue weighted by Gasteiger charge is 2.16. The number of nitrogens with zero attached hydrogens (tertiary/aromatic N) is 3. The number of allylic oxidation sites excluding steroid dienone is 2. The van der Waals surface area contributed by atoms with Crippen LogP contribution in [-0.4, -0.2) is 14.5 Å². The van der Waals surface area contributed by atoms with Crippen molar-refractivity contribution >= 4 is 23.1 Å². The summed E-state index contributed by atoms with van der Waals surface area (Å²) in [6.45, 7) is 0. The first-order chi connectivity index (χ1) is 21.8. The van der Waals surface area contributed by atoms with Crippen LogP contribution in [0.3, 0.4) is 0 Å². The van der Waals surface area contributed by atoms with Gasteiger partial charge in [-0.15, -0.1) is 0 Å². The molecule has 3 nitrogen and oxygen atoms in total. The zero-order chi connectivity index (χ0) is 29.3. The van der Waals surface area contributed by atoms with Gasteiger partial charge < -0.3 is 4.57 Å². The Balaban J connectivity index is 1.14. The fourth-order valence-corrected chi connectivity index (χ4v) is 6.05. The predicted octanol–water partition coefficient (Wildman–Crippen LogP) is 10.5. The van der Waals surface area contributed by atoms with Crippen molar-refractivity contribution < 1.29 is 0 Å². The lowest BCUT2D eigenvalue weighted by molar-refractivity contribution is 1.11. The third kappa shape index (κ3) is 4.75. The summed E-state index contributed by atoms with van der Waals surface area (Å²) in [4.78, 5) is 9.97. The molecule has 0 atom stereocenters. The summed E-state index contributed by atoms with van der Waals surface area (Å²) in [5.74, 6) is 0.717. The van der Waals surface area contributed by atoms with Gasteiger partial charge in [0.25, 0.3) is 0 Å². The summed E-state index contributed by atoms with van der Waals surface area (Å²) in [7, 11) is 0. The lowest BCUT2D eigenvalue weighted by atomic mass is 10.0. The van der Waals surface area contributed by atoms with Crippen LogP contribution in [0.5, 0.6) is 0 Å². The van der Waals surface area contributed by atoms with Gasteiger partial charge in [-0.2, -0.15) is 0 Å². The molecule has 0 saturated carbocycles. The van der Waals surface area contributed by atoms with Crippen molar-refractivity contribution in [1.29, 1.82) is 0 Å². The molecule has 44 heavy (non-hydrogen) atoms. The molecule has 0 bridgehead atoms. The van der Waals surface area contributed by atoms with Crippen LogP contribution in [-0.2, 0) is 0 Å². The van der Waals surface area contributed by atoms with Crippen molar-refractivity contribution in [3.05, 3.63) is 163 Å². The average Bonchev–Trinajstić information content (AvgIpc) is 3.22. The van der Waals surface area contributed by atoms with Crippen LogP contribution < -0.4 is 0 Å². The molecule has 5 aromatic carbocycles. The molecule has 8 rings (SSSR count). The number of fused-ring (bicyclic) bond motifs is 3. The SMILES string of the molecule is C1=Cc2c(n(-c3ccc(-c4ccc(-c5nc(-c6ccccc6)cc(-c6ccccc6)n5)cc4)cc3)c3ccccc23)C=CC1. The molecule has 1 aliphatic carbocycles. The third-order valence-corrected chi connectivity index (χ3v) is 8.25. The van der Waals surface area contributed by atoms with E-state index in [0.717, 1.165) is 51.6 Å². The molecule has 3 heteroatoms. The molecule has 0 saturated heterocycles. The summed E-state index contributed by atoms with van der Waals surface area (Å²) >= 11 is 0. The van der Waals surface area contributed by atoms with Gasteiger partial charge >= 0.3 is 0 Å². The summed E-state index contributed by atoms with van der Waals surface area (Å²) in [6.07, 6.45) is 9.92. The lowest BCUT2D eigenvalue weighted by Crippen LogP contribution is -1.97. The van der Waals surface area contributed by atoms with Gasteiger partial charge in [0.15, 0.2) is 5.82 Å². The minimum absolute atomic E-state index is 0.717. The Hall–Kier alpha value is -5.80. The van der Waals surface area contributed by atoms with Crippen molar-refractivity contribution in [1.82, 2.24) is 14.5 Å². The highest BCUT2D eigenvalue weighted by Crippen LogP contribution is 2.34. The van der Waals surface area contributed by atoms with E-state index in [2.05, 4.69) is 132 Å². The number of hydrogen-bond acceptors (Lipinski definition) is 2. The fourth-order valence-electron chi connectivity index (χ4n) is 6.05. The summed E-state index contributed by atoms with van der Waals surface area (Å²) < 4.78 is 2.37. The Morgan fingerprint density at radius 3 is 1.68 bits per heavy atom. The van der Waals surface area contributed by atoms with Gasteiger partial charge in [-0.05, 0) is 47.9 Å². The molecule has 2 aromatic heterocycles. The highest BCUT2D eigenvalue weighted by molar-refractivity contribution is 5.96. The standard InChI is InChI=1S/C41H29N3/c1-4-12-31(13-5-1)37-28-38(32-14-6-2-7-15-32)43-41(42-37)33-22-20-29(21-23-33)30-24-26-34(27-25-30)44-39-18-9-3-8-16-35(39)36-17-10-11-19-40(36)44/h1-2,4-28H,3H2. The molecule has 0 unspecified atom stereocenters. The second kappa shape index (κ2) is 11.1. The van der Waals surface area contributed by atoms with Crippen LogP contribution in [0.25, 0.3) is 73.8 Å². The minimum atomic E-state index is 0.717. The van der Waals surface area contributed by atoms with Gasteiger partial charge in [-0.1, -0.05) is 133 Å². The Morgan fingerprint density at radius 1 is 0.477 bits per heavy atom. The van der Waals surface area contributed by atoms with Crippen LogP contribution in [0.1, 0.15) is 17.7 Å². The smallest absolute Gasteiger partial charge is 0.160 e. The molecule has 0 radical (unpaired) electrons. The largest absolute Gasteiger partial charge is 0.309 e. The molecular formula is C41H29N3. The topological polar surface area (TPSA) is 30.7 Å². The van der Waals surface area contributed by atoms with Crippen LogP contribution in [0, 0.1) is 0 Å². The van der Waals surface area contributed by atoms with Crippen molar-refractivity contribution in [3.63, 3.8) is 0 Å². The first-order valence-corrected chi connectivity index (χ1v) is 15.0. The second-order valence-electron chi connectivity index (χ2n) is 11.0. The maximum absolute atomic E-state index is 4.98. The van der Waals surface area contributed by atoms with E-state index in [9.17, 15) is 0 Å². The molecular weight excluding hydrogens is 534 g/mol. The monoisotopic (exact) mass is 563 g/mol. The Kier molecular flexibility index (Phi) is 6.54. The lowest BCUT2D eigenvalue weighted by Gasteiger charge is -2.11. The fraction of sp³-hybridized carbons (Fsp3) is 0.0244. The third-order valence-electron chi connectivity index (χ3n) is 8.25. The van der Waals surface area contributed by atoms with Crippen LogP contribution >= 0.6 is 0 Å². The summed E-state index contributed by atoms with van der Waals surface area (Å²) in [5, 5.41) is 1.28. The zero-order valence-electron chi connectivity index (χ0n) is 24.1. The van der Waals surface area contributed by atoms with Crippen LogP contribution in [0.2, 0.25) is 0 Å². The molecule has 2 heterocycles. The highest BCUT2D eigenvalue weighted by atomic mass is 15.0. The zero-order valence-corrected chi connectivity index (χ0v) is 24.1. The number of hydrogen-bond donors (Lipinski definition) is 0. The van der Waals surface area contributed by atoms with Crippen LogP contribution in [0.4, 0.5) is 0 Å². The van der Waals surface area contributed by atoms with E-state index in [-0.39, 0.29) is 0 Å². The molecule has 7 aromatic rings. The normalized spacial score (nSPS) is 12.3. The number of para-hydroxylation sites is 1. The summed E-state index contributed by atoms with van der Waals surface area (Å²) in [5.41, 5.74) is 12.2. The van der Waals surface area contributed by atoms with Gasteiger partial charge in [0.1, 0.15) is 0 Å². The van der Waals surface area contributed by atoms with E-state index in [1.165, 1.54) is 27.7 Å². The molecule has 0 amide bonds. The van der Waals surface area contributed by atoms with E-state index < -0.39 is 0 Å². The first kappa shape index (κ1) is 25.9. The van der Waals surface area contributed by atoms with Crippen molar-refractivity contribution in [3.8, 4) is 50.7 Å². The molecule has 208 valence electrons. The van der Waals surface area contributed by atoms with Crippen molar-refractivity contribution in [2.75, 3.05) is 0 Å². The van der Waals surface area contributed by atoms with E-state index in [1.807, 2.05) is 36.4 Å². The average molecular weight is 564 g/mol. The van der Waals surface area contributed by atoms with Gasteiger partial charge in [-0.3, -0.25) is 0 Å². The van der Waals surface area contributed by atoms with Crippen LogP contribution in [0.15, 0.2) is 152 Å². The van der Waals surface area contributed by atoms with E-state index >= 15 is 0 Å². The Morgan fingerprint density at radius 2 is 1.02 bits per heavy atom. The maximum atomic E-state index is 4.98. The van der Waals surface area contributed by atoms with Gasteiger partial charge in [0.2, 0.25) is 0 Å². The number of aromatic nitrogens is 3. The second-order valence-corrected chi connectivity index (χ2v) is 11.0. The number of rotatable bonds is 5. The minimum Gasteiger partial charge on any atom is -0.309 e. The molecule has 0 fully saturated rings. The van der Waals surface area contributed by atoms with Gasteiger partial charge in [-0.25, -0.2) is 9.97 Å². The molecule has 0 spiro atoms. The molecule has 1 aliphatic rings. The first-order valence-electron chi connectivity index (χ1n) is 15.0. The van der Waals surface area contributed by atoms with E-state index in [1.54, 1.807) is 0 Å².